The maximum atomic E-state index is 8.84. The Balaban J connectivity index is 2.33. The molecule has 2 nitrogen and oxygen atoms in total. The number of hydrogen-bond acceptors (Lipinski definition) is 1. The van der Waals surface area contributed by atoms with Crippen molar-refractivity contribution in [2.75, 3.05) is 6.54 Å². The van der Waals surface area contributed by atoms with Gasteiger partial charge >= 0.3 is 0 Å². The summed E-state index contributed by atoms with van der Waals surface area (Å²) < 4.78 is 0. The van der Waals surface area contributed by atoms with Crippen LogP contribution in [0.25, 0.3) is 0 Å². The minimum Gasteiger partial charge on any atom is -0.280 e. The number of allylic oxidation sites excluding steroid dienone is 1. The van der Waals surface area contributed by atoms with Crippen LogP contribution >= 0.6 is 0 Å². The SMILES string of the molecule is [N]N1C=CCCCC1. The third-order valence-corrected chi connectivity index (χ3v) is 1.29. The first-order valence-electron chi connectivity index (χ1n) is 3.02. The molecule has 0 aromatic heterocycles. The van der Waals surface area contributed by atoms with Crippen LogP contribution < -0.4 is 5.84 Å². The normalized spacial score (nSPS) is 20.9. The van der Waals surface area contributed by atoms with E-state index in [9.17, 15) is 0 Å². The lowest BCUT2D eigenvalue weighted by molar-refractivity contribution is 0.371. The van der Waals surface area contributed by atoms with E-state index in [-0.39, 0.29) is 0 Å². The summed E-state index contributed by atoms with van der Waals surface area (Å²) in [5.74, 6) is 8.84. The molecule has 0 aliphatic carbocycles. The van der Waals surface area contributed by atoms with Gasteiger partial charge in [-0.1, -0.05) is 6.08 Å². The minimum absolute atomic E-state index is 0.788. The summed E-state index contributed by atoms with van der Waals surface area (Å²) in [6.45, 7) is 0.788. The number of rotatable bonds is 0. The smallest absolute Gasteiger partial charge is 0.0370 e. The Hall–Kier alpha value is -0.500. The van der Waals surface area contributed by atoms with E-state index >= 15 is 0 Å². The molecule has 1 heterocycles. The molecule has 0 amide bonds. The molecular formula is C6H10N2. The van der Waals surface area contributed by atoms with Gasteiger partial charge in [0.2, 0.25) is 0 Å². The summed E-state index contributed by atoms with van der Waals surface area (Å²) in [4.78, 5) is 0. The summed E-state index contributed by atoms with van der Waals surface area (Å²) in [6.07, 6.45) is 7.13. The first-order chi connectivity index (χ1) is 3.89. The van der Waals surface area contributed by atoms with Gasteiger partial charge in [-0.05, 0) is 25.1 Å². The highest BCUT2D eigenvalue weighted by molar-refractivity contribution is 4.82. The standard InChI is InChI=1S/C6H10N2/c7-8-5-3-1-2-4-6-8/h3,5H,1-2,4,6H2. The van der Waals surface area contributed by atoms with Gasteiger partial charge in [0.05, 0.1) is 0 Å². The summed E-state index contributed by atoms with van der Waals surface area (Å²) in [6, 6.07) is 0. The molecule has 2 radical (unpaired) electrons. The highest BCUT2D eigenvalue weighted by Crippen LogP contribution is 2.03. The van der Waals surface area contributed by atoms with Gasteiger partial charge < -0.3 is 0 Å². The van der Waals surface area contributed by atoms with Crippen molar-refractivity contribution in [2.45, 2.75) is 19.3 Å². The molecule has 0 atom stereocenters. The summed E-state index contributed by atoms with van der Waals surface area (Å²) in [5, 5.41) is 1.24. The van der Waals surface area contributed by atoms with Gasteiger partial charge in [0, 0.05) is 12.7 Å². The molecule has 0 fully saturated rings. The zero-order chi connectivity index (χ0) is 5.82. The average molecular weight is 110 g/mol. The van der Waals surface area contributed by atoms with Crippen molar-refractivity contribution in [3.8, 4) is 0 Å². The van der Waals surface area contributed by atoms with E-state index in [0.29, 0.717) is 0 Å². The minimum atomic E-state index is 0.788. The maximum absolute atomic E-state index is 8.84. The highest BCUT2D eigenvalue weighted by Gasteiger charge is 1.96. The van der Waals surface area contributed by atoms with Gasteiger partial charge in [-0.3, -0.25) is 5.01 Å². The molecule has 0 aromatic carbocycles. The van der Waals surface area contributed by atoms with Gasteiger partial charge in [0.25, 0.3) is 0 Å². The van der Waals surface area contributed by atoms with E-state index in [1.807, 2.05) is 6.08 Å². The molecular weight excluding hydrogens is 100 g/mol. The predicted molar refractivity (Wildman–Crippen MR) is 31.8 cm³/mol. The molecule has 0 saturated carbocycles. The molecule has 2 heteroatoms. The van der Waals surface area contributed by atoms with E-state index in [1.54, 1.807) is 6.20 Å². The van der Waals surface area contributed by atoms with Gasteiger partial charge in [-0.15, -0.1) is 0 Å². The van der Waals surface area contributed by atoms with Crippen LogP contribution in [0.4, 0.5) is 0 Å². The van der Waals surface area contributed by atoms with Crippen LogP contribution in [-0.4, -0.2) is 11.6 Å². The van der Waals surface area contributed by atoms with E-state index < -0.39 is 0 Å². The Labute approximate surface area is 49.9 Å². The molecule has 0 N–H and O–H groups in total. The lowest BCUT2D eigenvalue weighted by Gasteiger charge is -2.04. The van der Waals surface area contributed by atoms with Crippen LogP contribution in [0.2, 0.25) is 0 Å². The summed E-state index contributed by atoms with van der Waals surface area (Å²) >= 11 is 0. The van der Waals surface area contributed by atoms with Crippen LogP contribution in [0.1, 0.15) is 19.3 Å². The second kappa shape index (κ2) is 2.72. The Morgan fingerprint density at radius 3 is 3.12 bits per heavy atom. The van der Waals surface area contributed by atoms with Crippen LogP contribution in [-0.2, 0) is 0 Å². The highest BCUT2D eigenvalue weighted by atomic mass is 15.4. The van der Waals surface area contributed by atoms with Gasteiger partial charge in [-0.2, -0.15) is 0 Å². The van der Waals surface area contributed by atoms with Crippen molar-refractivity contribution in [1.29, 1.82) is 0 Å². The van der Waals surface area contributed by atoms with Crippen molar-refractivity contribution in [3.05, 3.63) is 12.3 Å². The molecule has 44 valence electrons. The molecule has 8 heavy (non-hydrogen) atoms. The summed E-state index contributed by atoms with van der Waals surface area (Å²) in [5.41, 5.74) is 0. The van der Waals surface area contributed by atoms with Crippen LogP contribution in [0, 0.1) is 0 Å². The molecule has 1 rings (SSSR count). The Kier molecular flexibility index (Phi) is 1.92. The first-order valence-corrected chi connectivity index (χ1v) is 3.02. The maximum Gasteiger partial charge on any atom is 0.0370 e. The Morgan fingerprint density at radius 1 is 1.38 bits per heavy atom. The predicted octanol–water partition coefficient (Wildman–Crippen LogP) is 0.970. The van der Waals surface area contributed by atoms with E-state index in [0.717, 1.165) is 19.4 Å². The largest absolute Gasteiger partial charge is 0.280 e. The Bertz CT molecular complexity index is 88.5. The third kappa shape index (κ3) is 1.54. The lowest BCUT2D eigenvalue weighted by Crippen LogP contribution is -2.13. The average Bonchev–Trinajstić information content (AvgIpc) is 1.94. The fourth-order valence-electron chi connectivity index (χ4n) is 0.807. The molecule has 1 aliphatic heterocycles. The third-order valence-electron chi connectivity index (χ3n) is 1.29. The molecule has 0 unspecified atom stereocenters. The quantitative estimate of drug-likeness (QED) is 0.456. The van der Waals surface area contributed by atoms with Crippen LogP contribution in [0.3, 0.4) is 0 Å². The lowest BCUT2D eigenvalue weighted by atomic mass is 10.2. The molecule has 0 aromatic rings. The molecule has 0 spiro atoms. The van der Waals surface area contributed by atoms with Crippen molar-refractivity contribution >= 4 is 0 Å². The number of hydrogen-bond donors (Lipinski definition) is 0. The first kappa shape index (κ1) is 5.63. The van der Waals surface area contributed by atoms with Gasteiger partial charge in [0.15, 0.2) is 0 Å². The van der Waals surface area contributed by atoms with E-state index in [4.69, 9.17) is 5.84 Å². The van der Waals surface area contributed by atoms with Crippen LogP contribution in [0.15, 0.2) is 12.3 Å². The fraction of sp³-hybridized carbons (Fsp3) is 0.667. The van der Waals surface area contributed by atoms with Crippen molar-refractivity contribution in [1.82, 2.24) is 10.9 Å². The summed E-state index contributed by atoms with van der Waals surface area (Å²) in [7, 11) is 0. The zero-order valence-electron chi connectivity index (χ0n) is 4.88. The van der Waals surface area contributed by atoms with Crippen molar-refractivity contribution < 1.29 is 0 Å². The van der Waals surface area contributed by atoms with Crippen molar-refractivity contribution in [3.63, 3.8) is 0 Å². The van der Waals surface area contributed by atoms with Crippen molar-refractivity contribution in [2.24, 2.45) is 0 Å². The second-order valence-electron chi connectivity index (χ2n) is 2.04. The van der Waals surface area contributed by atoms with Gasteiger partial charge in [-0.25, -0.2) is 0 Å². The zero-order valence-corrected chi connectivity index (χ0v) is 4.88. The topological polar surface area (TPSA) is 25.5 Å². The van der Waals surface area contributed by atoms with Crippen LogP contribution in [0.5, 0.6) is 0 Å². The fourth-order valence-corrected chi connectivity index (χ4v) is 0.807. The van der Waals surface area contributed by atoms with E-state index in [1.165, 1.54) is 11.4 Å². The van der Waals surface area contributed by atoms with Gasteiger partial charge in [0.1, 0.15) is 0 Å². The molecule has 0 saturated heterocycles. The number of nitrogens with zero attached hydrogens (tertiary/aromatic N) is 2. The molecule has 0 bridgehead atoms. The monoisotopic (exact) mass is 110 g/mol. The van der Waals surface area contributed by atoms with E-state index in [2.05, 4.69) is 0 Å². The molecule has 1 aliphatic rings. The second-order valence-corrected chi connectivity index (χ2v) is 2.04. The Morgan fingerprint density at radius 2 is 2.25 bits per heavy atom.